The van der Waals surface area contributed by atoms with Crippen LogP contribution in [0.15, 0.2) is 70.6 Å². The predicted molar refractivity (Wildman–Crippen MR) is 122 cm³/mol. The van der Waals surface area contributed by atoms with Crippen LogP contribution in [0.2, 0.25) is 5.02 Å². The van der Waals surface area contributed by atoms with E-state index in [1.54, 1.807) is 23.9 Å². The molecule has 1 aliphatic heterocycles. The lowest BCUT2D eigenvalue weighted by Crippen LogP contribution is -2.41. The summed E-state index contributed by atoms with van der Waals surface area (Å²) in [5.74, 6) is 0.756. The molecule has 2 heterocycles. The molecular weight excluding hydrogens is 416 g/mol. The second-order valence-corrected chi connectivity index (χ2v) is 8.96. The van der Waals surface area contributed by atoms with Gasteiger partial charge in [0.15, 0.2) is 5.82 Å². The van der Waals surface area contributed by atoms with Crippen LogP contribution in [-0.4, -0.2) is 29.2 Å². The zero-order valence-corrected chi connectivity index (χ0v) is 18.3. The molecule has 0 saturated carbocycles. The van der Waals surface area contributed by atoms with Gasteiger partial charge in [0.1, 0.15) is 5.03 Å². The van der Waals surface area contributed by atoms with Gasteiger partial charge in [-0.3, -0.25) is 4.79 Å². The molecule has 5 nitrogen and oxygen atoms in total. The molecule has 3 aromatic rings. The number of amides is 1. The quantitative estimate of drug-likeness (QED) is 0.574. The third-order valence-electron chi connectivity index (χ3n) is 5.10. The summed E-state index contributed by atoms with van der Waals surface area (Å²) in [5.41, 5.74) is 2.00. The number of nitrogens with one attached hydrogen (secondary N) is 1. The van der Waals surface area contributed by atoms with E-state index in [1.165, 1.54) is 5.56 Å². The summed E-state index contributed by atoms with van der Waals surface area (Å²) in [5, 5.41) is 13.3. The molecule has 1 amide bonds. The van der Waals surface area contributed by atoms with Crippen molar-refractivity contribution >= 4 is 40.8 Å². The summed E-state index contributed by atoms with van der Waals surface area (Å²) >= 11 is 7.51. The maximum atomic E-state index is 12.7. The molecule has 1 atom stereocenters. The lowest BCUT2D eigenvalue weighted by atomic mass is 9.97. The predicted octanol–water partition coefficient (Wildman–Crippen LogP) is 5.44. The number of halogens is 1. The summed E-state index contributed by atoms with van der Waals surface area (Å²) in [6, 6.07) is 19.5. The molecule has 154 valence electrons. The molecule has 1 fully saturated rings. The SMILES string of the molecule is Cc1ccc(Sc2ccc(N3CCC[C@@H](C(=O)Nc4ccc(Cl)cc4)C3)nn2)cc1. The monoisotopic (exact) mass is 438 g/mol. The lowest BCUT2D eigenvalue weighted by Gasteiger charge is -2.32. The van der Waals surface area contributed by atoms with Crippen LogP contribution in [-0.2, 0) is 4.79 Å². The van der Waals surface area contributed by atoms with Crippen molar-refractivity contribution in [2.24, 2.45) is 5.92 Å². The third-order valence-corrected chi connectivity index (χ3v) is 6.28. The van der Waals surface area contributed by atoms with Gasteiger partial charge in [0.2, 0.25) is 5.91 Å². The average Bonchev–Trinajstić information content (AvgIpc) is 2.77. The topological polar surface area (TPSA) is 58.1 Å². The second-order valence-electron chi connectivity index (χ2n) is 7.43. The van der Waals surface area contributed by atoms with Gasteiger partial charge in [-0.15, -0.1) is 10.2 Å². The minimum Gasteiger partial charge on any atom is -0.354 e. The minimum absolute atomic E-state index is 0.0292. The molecule has 2 aromatic carbocycles. The van der Waals surface area contributed by atoms with Crippen molar-refractivity contribution in [2.45, 2.75) is 29.7 Å². The maximum absolute atomic E-state index is 12.7. The standard InChI is InChI=1S/C23H23ClN4OS/c1-16-4-10-20(11-5-16)30-22-13-12-21(26-27-22)28-14-2-3-17(15-28)23(29)25-19-8-6-18(24)7-9-19/h4-13,17H,2-3,14-15H2,1H3,(H,25,29)/t17-/m1/s1. The molecule has 0 bridgehead atoms. The van der Waals surface area contributed by atoms with E-state index in [1.807, 2.05) is 24.3 Å². The van der Waals surface area contributed by atoms with Gasteiger partial charge in [-0.25, -0.2) is 0 Å². The molecule has 1 saturated heterocycles. The number of carbonyl (C=O) groups is 1. The Balaban J connectivity index is 1.37. The average molecular weight is 439 g/mol. The van der Waals surface area contributed by atoms with Gasteiger partial charge in [0.25, 0.3) is 0 Å². The van der Waals surface area contributed by atoms with E-state index >= 15 is 0 Å². The van der Waals surface area contributed by atoms with Crippen molar-refractivity contribution in [1.82, 2.24) is 10.2 Å². The van der Waals surface area contributed by atoms with Gasteiger partial charge in [-0.05, 0) is 68.3 Å². The zero-order valence-electron chi connectivity index (χ0n) is 16.7. The van der Waals surface area contributed by atoms with Gasteiger partial charge in [-0.2, -0.15) is 0 Å². The highest BCUT2D eigenvalue weighted by atomic mass is 35.5. The fraction of sp³-hybridized carbons (Fsp3) is 0.261. The number of nitrogens with zero attached hydrogens (tertiary/aromatic N) is 3. The molecule has 0 aliphatic carbocycles. The Morgan fingerprint density at radius 1 is 1.07 bits per heavy atom. The summed E-state index contributed by atoms with van der Waals surface area (Å²) in [4.78, 5) is 16.0. The number of piperidine rings is 1. The summed E-state index contributed by atoms with van der Waals surface area (Å²) in [7, 11) is 0. The van der Waals surface area contributed by atoms with Gasteiger partial charge in [-0.1, -0.05) is 41.1 Å². The van der Waals surface area contributed by atoms with Crippen LogP contribution in [0.1, 0.15) is 18.4 Å². The molecule has 1 N–H and O–H groups in total. The van der Waals surface area contributed by atoms with Crippen LogP contribution in [0.3, 0.4) is 0 Å². The number of aryl methyl sites for hydroxylation is 1. The minimum atomic E-state index is -0.0853. The van der Waals surface area contributed by atoms with Gasteiger partial charge in [0, 0.05) is 28.7 Å². The largest absolute Gasteiger partial charge is 0.354 e. The fourth-order valence-electron chi connectivity index (χ4n) is 3.44. The normalized spacial score (nSPS) is 16.3. The Bertz CT molecular complexity index is 993. The van der Waals surface area contributed by atoms with Crippen molar-refractivity contribution in [3.05, 3.63) is 71.2 Å². The molecule has 1 aliphatic rings. The van der Waals surface area contributed by atoms with E-state index in [0.717, 1.165) is 40.8 Å². The van der Waals surface area contributed by atoms with E-state index in [4.69, 9.17) is 11.6 Å². The number of hydrogen-bond acceptors (Lipinski definition) is 5. The number of benzene rings is 2. The van der Waals surface area contributed by atoms with Crippen LogP contribution in [0.5, 0.6) is 0 Å². The Hall–Kier alpha value is -2.57. The second kappa shape index (κ2) is 9.49. The van der Waals surface area contributed by atoms with E-state index in [-0.39, 0.29) is 11.8 Å². The maximum Gasteiger partial charge on any atom is 0.229 e. The van der Waals surface area contributed by atoms with Gasteiger partial charge < -0.3 is 10.2 Å². The Morgan fingerprint density at radius 2 is 1.83 bits per heavy atom. The molecular formula is C23H23ClN4OS. The fourth-order valence-corrected chi connectivity index (χ4v) is 4.30. The van der Waals surface area contributed by atoms with Crippen molar-refractivity contribution in [3.63, 3.8) is 0 Å². The van der Waals surface area contributed by atoms with E-state index in [9.17, 15) is 4.79 Å². The van der Waals surface area contributed by atoms with E-state index in [2.05, 4.69) is 51.6 Å². The lowest BCUT2D eigenvalue weighted by molar-refractivity contribution is -0.120. The Labute approximate surface area is 185 Å². The number of anilines is 2. The summed E-state index contributed by atoms with van der Waals surface area (Å²) in [6.07, 6.45) is 1.81. The highest BCUT2D eigenvalue weighted by Crippen LogP contribution is 2.28. The van der Waals surface area contributed by atoms with Crippen molar-refractivity contribution in [2.75, 3.05) is 23.3 Å². The van der Waals surface area contributed by atoms with E-state index < -0.39 is 0 Å². The van der Waals surface area contributed by atoms with Crippen LogP contribution in [0.4, 0.5) is 11.5 Å². The first-order valence-electron chi connectivity index (χ1n) is 9.96. The molecule has 0 radical (unpaired) electrons. The van der Waals surface area contributed by atoms with Crippen LogP contribution in [0, 0.1) is 12.8 Å². The zero-order chi connectivity index (χ0) is 20.9. The first-order chi connectivity index (χ1) is 14.6. The number of aromatic nitrogens is 2. The van der Waals surface area contributed by atoms with Gasteiger partial charge >= 0.3 is 0 Å². The number of rotatable bonds is 5. The van der Waals surface area contributed by atoms with E-state index in [0.29, 0.717) is 11.6 Å². The van der Waals surface area contributed by atoms with Crippen LogP contribution in [0.25, 0.3) is 0 Å². The highest BCUT2D eigenvalue weighted by Gasteiger charge is 2.26. The van der Waals surface area contributed by atoms with Crippen molar-refractivity contribution in [1.29, 1.82) is 0 Å². The van der Waals surface area contributed by atoms with Crippen molar-refractivity contribution < 1.29 is 4.79 Å². The number of carbonyl (C=O) groups excluding carboxylic acids is 1. The number of hydrogen-bond donors (Lipinski definition) is 1. The molecule has 1 aromatic heterocycles. The molecule has 0 spiro atoms. The smallest absolute Gasteiger partial charge is 0.229 e. The third kappa shape index (κ3) is 5.32. The van der Waals surface area contributed by atoms with Crippen LogP contribution >= 0.6 is 23.4 Å². The molecule has 30 heavy (non-hydrogen) atoms. The van der Waals surface area contributed by atoms with Crippen molar-refractivity contribution in [3.8, 4) is 0 Å². The first-order valence-corrected chi connectivity index (χ1v) is 11.2. The molecule has 4 rings (SSSR count). The van der Waals surface area contributed by atoms with Crippen LogP contribution < -0.4 is 10.2 Å². The molecule has 7 heteroatoms. The highest BCUT2D eigenvalue weighted by molar-refractivity contribution is 7.99. The van der Waals surface area contributed by atoms with Gasteiger partial charge in [0.05, 0.1) is 5.92 Å². The first kappa shape index (κ1) is 20.7. The Morgan fingerprint density at radius 3 is 2.53 bits per heavy atom. The Kier molecular flexibility index (Phi) is 6.55. The summed E-state index contributed by atoms with van der Waals surface area (Å²) in [6.45, 7) is 3.59. The summed E-state index contributed by atoms with van der Waals surface area (Å²) < 4.78 is 0. The molecule has 0 unspecified atom stereocenters.